The normalized spacial score (nSPS) is 35.0. The van der Waals surface area contributed by atoms with Crippen LogP contribution in [-0.2, 0) is 10.8 Å². The third kappa shape index (κ3) is 2.67. The SMILES string of the molecule is O=S1[C@@H]2C=C[C@@]1(Sc1ccccc1)[C@H]1C=C(Sc3ccccc3)S[C@@H]21. The maximum Gasteiger partial charge on any atom is 0.121 e. The number of allylic oxidation sites excluding steroid dienone is 1. The average molecular weight is 401 g/mol. The van der Waals surface area contributed by atoms with Gasteiger partial charge in [0.2, 0.25) is 0 Å². The quantitative estimate of drug-likeness (QED) is 0.626. The molecule has 3 heterocycles. The fourth-order valence-corrected chi connectivity index (χ4v) is 10.9. The van der Waals surface area contributed by atoms with Crippen molar-refractivity contribution in [2.45, 2.75) is 24.4 Å². The summed E-state index contributed by atoms with van der Waals surface area (Å²) in [6, 6.07) is 20.9. The van der Waals surface area contributed by atoms with Gasteiger partial charge in [0, 0.05) is 25.2 Å². The Kier molecular flexibility index (Phi) is 4.16. The van der Waals surface area contributed by atoms with Gasteiger partial charge in [-0.25, -0.2) is 0 Å². The van der Waals surface area contributed by atoms with Crippen molar-refractivity contribution >= 4 is 46.1 Å². The van der Waals surface area contributed by atoms with Crippen LogP contribution < -0.4 is 0 Å². The van der Waals surface area contributed by atoms with Gasteiger partial charge in [-0.1, -0.05) is 66.4 Å². The lowest BCUT2D eigenvalue weighted by atomic mass is 9.94. The van der Waals surface area contributed by atoms with E-state index in [0.29, 0.717) is 11.2 Å². The topological polar surface area (TPSA) is 17.1 Å². The van der Waals surface area contributed by atoms with Crippen LogP contribution in [0, 0.1) is 5.92 Å². The highest BCUT2D eigenvalue weighted by Gasteiger charge is 2.62. The molecule has 0 amide bonds. The Labute approximate surface area is 163 Å². The molecule has 2 aromatic carbocycles. The van der Waals surface area contributed by atoms with E-state index in [0.717, 1.165) is 0 Å². The zero-order valence-electron chi connectivity index (χ0n) is 13.3. The fraction of sp³-hybridized carbons (Fsp3) is 0.200. The molecule has 0 aliphatic carbocycles. The van der Waals surface area contributed by atoms with Gasteiger partial charge in [-0.2, -0.15) is 0 Å². The molecular weight excluding hydrogens is 384 g/mol. The van der Waals surface area contributed by atoms with Crippen LogP contribution >= 0.6 is 35.3 Å². The van der Waals surface area contributed by atoms with E-state index < -0.39 is 10.8 Å². The van der Waals surface area contributed by atoms with Crippen LogP contribution in [0.5, 0.6) is 0 Å². The molecule has 0 N–H and O–H groups in total. The Morgan fingerprint density at radius 2 is 1.64 bits per heavy atom. The van der Waals surface area contributed by atoms with E-state index in [2.05, 4.69) is 66.8 Å². The zero-order chi connectivity index (χ0) is 16.9. The summed E-state index contributed by atoms with van der Waals surface area (Å²) in [6.07, 6.45) is 6.80. The van der Waals surface area contributed by atoms with E-state index in [-0.39, 0.29) is 9.33 Å². The Morgan fingerprint density at radius 1 is 0.960 bits per heavy atom. The van der Waals surface area contributed by atoms with Gasteiger partial charge in [-0.05, 0) is 24.3 Å². The maximum absolute atomic E-state index is 13.2. The Morgan fingerprint density at radius 3 is 2.36 bits per heavy atom. The molecule has 3 aliphatic heterocycles. The Bertz CT molecular complexity index is 877. The van der Waals surface area contributed by atoms with Crippen molar-refractivity contribution in [3.05, 3.63) is 83.1 Å². The van der Waals surface area contributed by atoms with Crippen molar-refractivity contribution in [3.8, 4) is 0 Å². The Hall–Kier alpha value is -0.880. The number of hydrogen-bond donors (Lipinski definition) is 0. The van der Waals surface area contributed by atoms with E-state index in [9.17, 15) is 4.21 Å². The summed E-state index contributed by atoms with van der Waals surface area (Å²) >= 11 is 5.53. The standard InChI is InChI=1S/C20H16OS4/c21-25-17-11-12-20(25,24-15-9-5-2-6-10-15)16-13-18(23-19(16)17)22-14-7-3-1-4-8-14/h1-13,16-17,19H/t16-,17+,19+,20-,25?/m0/s1. The van der Waals surface area contributed by atoms with Gasteiger partial charge in [0.1, 0.15) is 4.08 Å². The fourth-order valence-electron chi connectivity index (χ4n) is 3.64. The summed E-state index contributed by atoms with van der Waals surface area (Å²) in [4.78, 5) is 2.47. The van der Waals surface area contributed by atoms with E-state index in [4.69, 9.17) is 0 Å². The van der Waals surface area contributed by atoms with Crippen molar-refractivity contribution in [3.63, 3.8) is 0 Å². The third-order valence-corrected chi connectivity index (χ3v) is 11.5. The van der Waals surface area contributed by atoms with Gasteiger partial charge < -0.3 is 0 Å². The third-order valence-electron chi connectivity index (χ3n) is 4.77. The molecule has 1 nitrogen and oxygen atoms in total. The number of hydrogen-bond acceptors (Lipinski definition) is 4. The second-order valence-electron chi connectivity index (χ2n) is 6.27. The molecular formula is C20H16OS4. The minimum absolute atomic E-state index is 0.177. The van der Waals surface area contributed by atoms with Gasteiger partial charge in [0.05, 0.1) is 16.0 Å². The highest BCUT2D eigenvalue weighted by atomic mass is 32.2. The first-order valence-corrected chi connectivity index (χ1v) is 11.9. The molecule has 126 valence electrons. The van der Waals surface area contributed by atoms with Gasteiger partial charge in [0.25, 0.3) is 0 Å². The monoisotopic (exact) mass is 400 g/mol. The lowest BCUT2D eigenvalue weighted by molar-refractivity contribution is 0.637. The molecule has 0 saturated carbocycles. The molecule has 0 radical (unpaired) electrons. The summed E-state index contributed by atoms with van der Waals surface area (Å²) in [7, 11) is -0.853. The molecule has 2 aromatic rings. The first-order valence-electron chi connectivity index (χ1n) is 8.22. The van der Waals surface area contributed by atoms with Crippen LogP contribution in [0.25, 0.3) is 0 Å². The van der Waals surface area contributed by atoms with Crippen LogP contribution in [0.3, 0.4) is 0 Å². The summed E-state index contributed by atoms with van der Waals surface area (Å²) in [6.45, 7) is 0. The van der Waals surface area contributed by atoms with Crippen molar-refractivity contribution in [1.29, 1.82) is 0 Å². The molecule has 5 atom stereocenters. The zero-order valence-corrected chi connectivity index (χ0v) is 16.5. The number of fused-ring (bicyclic) bond motifs is 5. The highest BCUT2D eigenvalue weighted by molar-refractivity contribution is 8.23. The number of rotatable bonds is 4. The first kappa shape index (κ1) is 16.3. The molecule has 2 bridgehead atoms. The van der Waals surface area contributed by atoms with Gasteiger partial charge in [-0.15, -0.1) is 23.5 Å². The predicted molar refractivity (Wildman–Crippen MR) is 111 cm³/mol. The van der Waals surface area contributed by atoms with Crippen LogP contribution in [0.2, 0.25) is 0 Å². The summed E-state index contributed by atoms with van der Waals surface area (Å²) < 4.78 is 14.2. The Balaban J connectivity index is 1.45. The van der Waals surface area contributed by atoms with E-state index >= 15 is 0 Å². The van der Waals surface area contributed by atoms with Crippen molar-refractivity contribution < 1.29 is 4.21 Å². The molecule has 1 fully saturated rings. The lowest BCUT2D eigenvalue weighted by Crippen LogP contribution is -2.31. The lowest BCUT2D eigenvalue weighted by Gasteiger charge is -2.28. The van der Waals surface area contributed by atoms with Crippen LogP contribution in [0.4, 0.5) is 0 Å². The second kappa shape index (κ2) is 6.38. The molecule has 3 aliphatic rings. The highest BCUT2D eigenvalue weighted by Crippen LogP contribution is 2.63. The van der Waals surface area contributed by atoms with Gasteiger partial charge in [-0.3, -0.25) is 4.21 Å². The number of thioether (sulfide) groups is 3. The number of benzene rings is 2. The molecule has 1 unspecified atom stereocenters. The minimum atomic E-state index is -0.853. The van der Waals surface area contributed by atoms with Gasteiger partial charge >= 0.3 is 0 Å². The van der Waals surface area contributed by atoms with Crippen molar-refractivity contribution in [2.75, 3.05) is 0 Å². The average Bonchev–Trinajstić information content (AvgIpc) is 3.25. The molecule has 5 heteroatoms. The minimum Gasteiger partial charge on any atom is -0.257 e. The van der Waals surface area contributed by atoms with E-state index in [1.807, 2.05) is 35.7 Å². The molecule has 1 saturated heterocycles. The molecule has 0 aromatic heterocycles. The van der Waals surface area contributed by atoms with E-state index in [1.54, 1.807) is 11.8 Å². The maximum atomic E-state index is 13.2. The van der Waals surface area contributed by atoms with Crippen LogP contribution in [-0.4, -0.2) is 18.8 Å². The summed E-state index contributed by atoms with van der Waals surface area (Å²) in [5.74, 6) is 0.338. The van der Waals surface area contributed by atoms with Crippen molar-refractivity contribution in [1.82, 2.24) is 0 Å². The van der Waals surface area contributed by atoms with E-state index in [1.165, 1.54) is 14.0 Å². The van der Waals surface area contributed by atoms with Crippen LogP contribution in [0.15, 0.2) is 92.9 Å². The molecule has 0 spiro atoms. The molecule has 5 rings (SSSR count). The second-order valence-corrected chi connectivity index (χ2v) is 12.3. The van der Waals surface area contributed by atoms with Crippen LogP contribution in [0.1, 0.15) is 0 Å². The largest absolute Gasteiger partial charge is 0.257 e. The van der Waals surface area contributed by atoms with Gasteiger partial charge in [0.15, 0.2) is 0 Å². The predicted octanol–water partition coefficient (Wildman–Crippen LogP) is 5.54. The summed E-state index contributed by atoms with van der Waals surface area (Å²) in [5, 5.41) is 0.588. The summed E-state index contributed by atoms with van der Waals surface area (Å²) in [5.41, 5.74) is 0. The smallest absolute Gasteiger partial charge is 0.121 e. The molecule has 25 heavy (non-hydrogen) atoms. The first-order chi connectivity index (χ1) is 12.3. The van der Waals surface area contributed by atoms with Crippen molar-refractivity contribution in [2.24, 2.45) is 5.92 Å².